The van der Waals surface area contributed by atoms with Crippen molar-refractivity contribution in [2.24, 2.45) is 0 Å². The molecular weight excluding hydrogens is 399 g/mol. The van der Waals surface area contributed by atoms with Crippen LogP contribution in [-0.4, -0.2) is 38.7 Å². The summed E-state index contributed by atoms with van der Waals surface area (Å²) in [6.45, 7) is 0.982. The molecule has 3 rings (SSSR count). The van der Waals surface area contributed by atoms with Crippen LogP contribution < -0.4 is 10.2 Å². The molecule has 1 aliphatic heterocycles. The van der Waals surface area contributed by atoms with Crippen LogP contribution in [0.1, 0.15) is 18.4 Å². The van der Waals surface area contributed by atoms with E-state index in [4.69, 9.17) is 5.26 Å². The first-order valence-corrected chi connectivity index (χ1v) is 10.8. The summed E-state index contributed by atoms with van der Waals surface area (Å²) in [4.78, 5) is 12.3. The molecule has 152 valence electrons. The minimum absolute atomic E-state index is 0.116. The van der Waals surface area contributed by atoms with Gasteiger partial charge in [0.15, 0.2) is 9.84 Å². The Kier molecular flexibility index (Phi) is 5.70. The average Bonchev–Trinajstić information content (AvgIpc) is 2.67. The first-order chi connectivity index (χ1) is 13.7. The van der Waals surface area contributed by atoms with E-state index in [0.29, 0.717) is 25.2 Å². The molecule has 1 heterocycles. The summed E-state index contributed by atoms with van der Waals surface area (Å²) in [7, 11) is -3.78. The molecule has 10 heteroatoms. The van der Waals surface area contributed by atoms with E-state index >= 15 is 0 Å². The van der Waals surface area contributed by atoms with Crippen molar-refractivity contribution >= 4 is 26.9 Å². The van der Waals surface area contributed by atoms with Crippen molar-refractivity contribution in [3.63, 3.8) is 0 Å². The number of benzene rings is 2. The summed E-state index contributed by atoms with van der Waals surface area (Å²) in [5.74, 6) is -0.505. The van der Waals surface area contributed by atoms with Crippen LogP contribution in [0, 0.1) is 27.3 Å². The second-order valence-corrected chi connectivity index (χ2v) is 8.87. The Hall–Kier alpha value is -3.19. The first-order valence-electron chi connectivity index (χ1n) is 8.89. The third kappa shape index (κ3) is 4.46. The zero-order valence-corrected chi connectivity index (χ0v) is 16.4. The fraction of sp³-hybridized carbons (Fsp3) is 0.316. The molecule has 0 saturated carbocycles. The topological polar surface area (TPSA) is 116 Å². The van der Waals surface area contributed by atoms with E-state index in [0.717, 1.165) is 12.7 Å². The fourth-order valence-corrected chi connectivity index (χ4v) is 4.35. The van der Waals surface area contributed by atoms with E-state index in [1.807, 2.05) is 11.0 Å². The molecule has 1 atom stereocenters. The van der Waals surface area contributed by atoms with Gasteiger partial charge < -0.3 is 10.2 Å². The molecule has 2 aromatic rings. The fourth-order valence-electron chi connectivity index (χ4n) is 3.49. The highest BCUT2D eigenvalue weighted by molar-refractivity contribution is 7.90. The van der Waals surface area contributed by atoms with Crippen LogP contribution in [0.15, 0.2) is 41.3 Å². The van der Waals surface area contributed by atoms with Crippen molar-refractivity contribution in [2.75, 3.05) is 29.6 Å². The van der Waals surface area contributed by atoms with Gasteiger partial charge in [0.1, 0.15) is 16.4 Å². The van der Waals surface area contributed by atoms with Gasteiger partial charge in [-0.1, -0.05) is 6.07 Å². The molecule has 0 amide bonds. The Bertz CT molecular complexity index is 1100. The lowest BCUT2D eigenvalue weighted by atomic mass is 10.0. The van der Waals surface area contributed by atoms with Gasteiger partial charge in [-0.25, -0.2) is 12.8 Å². The van der Waals surface area contributed by atoms with Crippen molar-refractivity contribution in [3.05, 3.63) is 57.9 Å². The van der Waals surface area contributed by atoms with Gasteiger partial charge in [-0.15, -0.1) is 0 Å². The van der Waals surface area contributed by atoms with Gasteiger partial charge in [0.25, 0.3) is 0 Å². The standard InChI is InChI=1S/C19H19FN4O4S/c1-29(27,28)18-6-2-5-16(19(18)24(25)26)22-14-4-3-9-23(12-14)17-8-7-13(11-21)10-15(17)20/h2,5-8,10,14,22H,3-4,9,12H2,1H3. The highest BCUT2D eigenvalue weighted by Crippen LogP contribution is 2.33. The van der Waals surface area contributed by atoms with E-state index in [9.17, 15) is 22.9 Å². The number of nitro groups is 1. The van der Waals surface area contributed by atoms with Gasteiger partial charge in [-0.2, -0.15) is 5.26 Å². The zero-order valence-electron chi connectivity index (χ0n) is 15.6. The minimum atomic E-state index is -3.78. The largest absolute Gasteiger partial charge is 0.375 e. The molecule has 1 N–H and O–H groups in total. The minimum Gasteiger partial charge on any atom is -0.375 e. The Labute approximate surface area is 167 Å². The SMILES string of the molecule is CS(=O)(=O)c1cccc(NC2CCCN(c3ccc(C#N)cc3F)C2)c1[N+](=O)[O-]. The third-order valence-electron chi connectivity index (χ3n) is 4.78. The van der Waals surface area contributed by atoms with Crippen molar-refractivity contribution in [1.29, 1.82) is 5.26 Å². The van der Waals surface area contributed by atoms with Crippen molar-refractivity contribution in [2.45, 2.75) is 23.8 Å². The Morgan fingerprint density at radius 2 is 2.10 bits per heavy atom. The molecule has 8 nitrogen and oxygen atoms in total. The molecule has 0 radical (unpaired) electrons. The number of rotatable bonds is 5. The summed E-state index contributed by atoms with van der Waals surface area (Å²) in [6, 6.07) is 10.0. The van der Waals surface area contributed by atoms with Crippen LogP contribution in [0.3, 0.4) is 0 Å². The number of halogens is 1. The highest BCUT2D eigenvalue weighted by atomic mass is 32.2. The maximum absolute atomic E-state index is 14.4. The van der Waals surface area contributed by atoms with Crippen molar-refractivity contribution < 1.29 is 17.7 Å². The monoisotopic (exact) mass is 418 g/mol. The van der Waals surface area contributed by atoms with Crippen LogP contribution in [0.5, 0.6) is 0 Å². The Morgan fingerprint density at radius 3 is 2.72 bits per heavy atom. The smallest absolute Gasteiger partial charge is 0.310 e. The molecule has 0 bridgehead atoms. The number of hydrogen-bond acceptors (Lipinski definition) is 7. The molecule has 0 aliphatic carbocycles. The number of nitro benzene ring substituents is 1. The number of nitrogens with one attached hydrogen (secondary N) is 1. The van der Waals surface area contributed by atoms with Crippen molar-refractivity contribution in [3.8, 4) is 6.07 Å². The summed E-state index contributed by atoms with van der Waals surface area (Å²) in [5.41, 5.74) is 0.211. The lowest BCUT2D eigenvalue weighted by Gasteiger charge is -2.35. The molecule has 2 aromatic carbocycles. The molecule has 0 spiro atoms. The zero-order chi connectivity index (χ0) is 21.2. The number of nitriles is 1. The number of para-hydroxylation sites is 1. The van der Waals surface area contributed by atoms with Gasteiger partial charge in [0.2, 0.25) is 0 Å². The van der Waals surface area contributed by atoms with E-state index in [-0.39, 0.29) is 22.2 Å². The molecule has 0 aromatic heterocycles. The summed E-state index contributed by atoms with van der Waals surface area (Å²) in [6.07, 6.45) is 2.33. The molecular formula is C19H19FN4O4S. The lowest BCUT2D eigenvalue weighted by molar-refractivity contribution is -0.386. The Balaban J connectivity index is 1.87. The van der Waals surface area contributed by atoms with Gasteiger partial charge in [-0.3, -0.25) is 10.1 Å². The van der Waals surface area contributed by atoms with Gasteiger partial charge in [0.05, 0.1) is 22.2 Å². The number of hydrogen-bond donors (Lipinski definition) is 1. The normalized spacial score (nSPS) is 16.9. The quantitative estimate of drug-likeness (QED) is 0.586. The lowest BCUT2D eigenvalue weighted by Crippen LogP contribution is -2.42. The predicted molar refractivity (Wildman–Crippen MR) is 106 cm³/mol. The van der Waals surface area contributed by atoms with Crippen LogP contribution in [0.2, 0.25) is 0 Å². The summed E-state index contributed by atoms with van der Waals surface area (Å²) >= 11 is 0. The van der Waals surface area contributed by atoms with Crippen LogP contribution in [-0.2, 0) is 9.84 Å². The number of nitrogens with zero attached hydrogens (tertiary/aromatic N) is 3. The third-order valence-corrected chi connectivity index (χ3v) is 5.91. The number of piperidine rings is 1. The van der Waals surface area contributed by atoms with Gasteiger partial charge >= 0.3 is 5.69 Å². The number of anilines is 2. The Morgan fingerprint density at radius 1 is 1.34 bits per heavy atom. The van der Waals surface area contributed by atoms with E-state index in [2.05, 4.69) is 5.32 Å². The summed E-state index contributed by atoms with van der Waals surface area (Å²) in [5, 5.41) is 23.5. The second-order valence-electron chi connectivity index (χ2n) is 6.89. The van der Waals surface area contributed by atoms with E-state index < -0.39 is 26.3 Å². The predicted octanol–water partition coefficient (Wildman–Crippen LogP) is 3.09. The molecule has 1 fully saturated rings. The van der Waals surface area contributed by atoms with Crippen molar-refractivity contribution in [1.82, 2.24) is 0 Å². The maximum atomic E-state index is 14.4. The maximum Gasteiger partial charge on any atom is 0.310 e. The van der Waals surface area contributed by atoms with Gasteiger partial charge in [0, 0.05) is 25.4 Å². The summed E-state index contributed by atoms with van der Waals surface area (Å²) < 4.78 is 38.2. The van der Waals surface area contributed by atoms with E-state index in [1.54, 1.807) is 6.07 Å². The molecule has 29 heavy (non-hydrogen) atoms. The van der Waals surface area contributed by atoms with Crippen LogP contribution in [0.4, 0.5) is 21.5 Å². The highest BCUT2D eigenvalue weighted by Gasteiger charge is 2.29. The van der Waals surface area contributed by atoms with Crippen LogP contribution in [0.25, 0.3) is 0 Å². The molecule has 1 aliphatic rings. The van der Waals surface area contributed by atoms with Crippen LogP contribution >= 0.6 is 0 Å². The molecule has 1 saturated heterocycles. The molecule has 1 unspecified atom stereocenters. The number of sulfone groups is 1. The van der Waals surface area contributed by atoms with Gasteiger partial charge in [-0.05, 0) is 43.2 Å². The average molecular weight is 418 g/mol. The first kappa shape index (κ1) is 20.5. The second kappa shape index (κ2) is 8.05. The van der Waals surface area contributed by atoms with E-state index in [1.165, 1.54) is 30.3 Å².